The van der Waals surface area contributed by atoms with Gasteiger partial charge in [0.05, 0.1) is 11.3 Å². The summed E-state index contributed by atoms with van der Waals surface area (Å²) in [5, 5.41) is 2.92. The predicted molar refractivity (Wildman–Crippen MR) is 101 cm³/mol. The second-order valence-electron chi connectivity index (χ2n) is 6.27. The van der Waals surface area contributed by atoms with Crippen LogP contribution in [-0.4, -0.2) is 0 Å². The Morgan fingerprint density at radius 2 is 1.39 bits per heavy atom. The van der Waals surface area contributed by atoms with E-state index in [9.17, 15) is 22.0 Å². The van der Waals surface area contributed by atoms with E-state index in [1.807, 2.05) is 0 Å². The Balaban J connectivity index is 2.21. The minimum Gasteiger partial charge on any atom is -0.398 e. The first-order valence-corrected chi connectivity index (χ1v) is 8.16. The lowest BCUT2D eigenvalue weighted by molar-refractivity contribution is -0.137. The molecule has 0 radical (unpaired) electrons. The first kappa shape index (κ1) is 21.2. The molecule has 2 aromatic rings. The van der Waals surface area contributed by atoms with Gasteiger partial charge in [-0.1, -0.05) is 49.6 Å². The van der Waals surface area contributed by atoms with Gasteiger partial charge in [0.2, 0.25) is 0 Å². The van der Waals surface area contributed by atoms with Crippen LogP contribution in [0.3, 0.4) is 0 Å². The minimum atomic E-state index is -4.42. The number of benzene rings is 2. The number of rotatable bonds is 6. The van der Waals surface area contributed by atoms with Gasteiger partial charge in [0.15, 0.2) is 0 Å². The average Bonchev–Trinajstić information content (AvgIpc) is 2.60. The van der Waals surface area contributed by atoms with Gasteiger partial charge in [-0.05, 0) is 29.3 Å². The fourth-order valence-corrected chi connectivity index (χ4v) is 2.34. The zero-order chi connectivity index (χ0) is 21.1. The Kier molecular flexibility index (Phi) is 5.97. The first-order chi connectivity index (χ1) is 12.9. The van der Waals surface area contributed by atoms with Crippen LogP contribution in [0.2, 0.25) is 0 Å². The monoisotopic (exact) mass is 394 g/mol. The van der Waals surface area contributed by atoms with Crippen molar-refractivity contribution in [1.29, 1.82) is 0 Å². The molecule has 0 aliphatic carbocycles. The van der Waals surface area contributed by atoms with Gasteiger partial charge in [-0.15, -0.1) is 0 Å². The second-order valence-corrected chi connectivity index (χ2v) is 6.27. The van der Waals surface area contributed by atoms with Gasteiger partial charge in [0, 0.05) is 23.9 Å². The summed E-state index contributed by atoms with van der Waals surface area (Å²) in [4.78, 5) is 0. The number of hydrogen-bond acceptors (Lipinski definition) is 2. The van der Waals surface area contributed by atoms with Crippen molar-refractivity contribution in [2.24, 2.45) is 5.73 Å². The molecular weight excluding hydrogens is 375 g/mol. The fraction of sp³-hybridized carbons (Fsp3) is 0.143. The molecule has 0 spiro atoms. The summed E-state index contributed by atoms with van der Waals surface area (Å²) in [5.74, 6) is -2.95. The van der Waals surface area contributed by atoms with E-state index in [0.29, 0.717) is 22.5 Å². The van der Waals surface area contributed by atoms with E-state index in [2.05, 4.69) is 18.5 Å². The molecule has 28 heavy (non-hydrogen) atoms. The molecule has 0 unspecified atom stereocenters. The van der Waals surface area contributed by atoms with Gasteiger partial charge in [-0.2, -0.15) is 13.2 Å². The molecule has 0 saturated carbocycles. The summed E-state index contributed by atoms with van der Waals surface area (Å²) in [6, 6.07) is 10.1. The van der Waals surface area contributed by atoms with E-state index in [-0.39, 0.29) is 11.3 Å². The smallest absolute Gasteiger partial charge is 0.398 e. The number of hydrogen-bond donors (Lipinski definition) is 2. The first-order valence-electron chi connectivity index (χ1n) is 8.16. The number of nitrogens with two attached hydrogens (primary N) is 1. The molecule has 0 heterocycles. The summed E-state index contributed by atoms with van der Waals surface area (Å²) in [6.07, 6.45) is -2.90. The Labute approximate surface area is 159 Å². The Morgan fingerprint density at radius 1 is 0.893 bits per heavy atom. The molecule has 2 aromatic carbocycles. The molecule has 0 aliphatic heterocycles. The molecule has 2 rings (SSSR count). The molecule has 0 aliphatic rings. The highest BCUT2D eigenvalue weighted by molar-refractivity contribution is 5.68. The quantitative estimate of drug-likeness (QED) is 0.474. The standard InChI is InChI=1S/C21H19F5N2/c1-13(27)19(12-15-4-8-18(9-5-15)21(24,25)26)28-14(2)16-6-10-17(11-7-16)20(3,22)23/h4-12,28H,1-2,27H2,3H3/b19-12+. The van der Waals surface area contributed by atoms with Crippen LogP contribution in [0.25, 0.3) is 11.8 Å². The predicted octanol–water partition coefficient (Wildman–Crippen LogP) is 5.89. The lowest BCUT2D eigenvalue weighted by Crippen LogP contribution is -2.16. The highest BCUT2D eigenvalue weighted by Gasteiger charge is 2.29. The number of halogens is 5. The van der Waals surface area contributed by atoms with Crippen molar-refractivity contribution in [3.8, 4) is 0 Å². The molecule has 0 amide bonds. The van der Waals surface area contributed by atoms with Crippen molar-refractivity contribution >= 4 is 11.8 Å². The molecular formula is C21H19F5N2. The van der Waals surface area contributed by atoms with Crippen LogP contribution in [0, 0.1) is 0 Å². The van der Waals surface area contributed by atoms with Gasteiger partial charge in [0.1, 0.15) is 0 Å². The van der Waals surface area contributed by atoms with E-state index >= 15 is 0 Å². The summed E-state index contributed by atoms with van der Waals surface area (Å²) in [7, 11) is 0. The van der Waals surface area contributed by atoms with Gasteiger partial charge in [0.25, 0.3) is 5.92 Å². The lowest BCUT2D eigenvalue weighted by Gasteiger charge is -2.15. The maximum atomic E-state index is 13.3. The zero-order valence-electron chi connectivity index (χ0n) is 15.1. The summed E-state index contributed by atoms with van der Waals surface area (Å²) in [6.45, 7) is 8.27. The van der Waals surface area contributed by atoms with E-state index < -0.39 is 17.7 Å². The van der Waals surface area contributed by atoms with Gasteiger partial charge < -0.3 is 11.1 Å². The minimum absolute atomic E-state index is 0.132. The largest absolute Gasteiger partial charge is 0.416 e. The zero-order valence-corrected chi connectivity index (χ0v) is 15.1. The number of alkyl halides is 5. The molecule has 148 valence electrons. The van der Waals surface area contributed by atoms with Crippen molar-refractivity contribution in [3.05, 3.63) is 95.3 Å². The van der Waals surface area contributed by atoms with Crippen molar-refractivity contribution in [2.75, 3.05) is 0 Å². The highest BCUT2D eigenvalue weighted by Crippen LogP contribution is 2.30. The van der Waals surface area contributed by atoms with Crippen LogP contribution in [0.4, 0.5) is 22.0 Å². The van der Waals surface area contributed by atoms with Crippen molar-refractivity contribution in [2.45, 2.75) is 19.0 Å². The van der Waals surface area contributed by atoms with Crippen molar-refractivity contribution in [1.82, 2.24) is 5.32 Å². The molecule has 0 bridgehead atoms. The topological polar surface area (TPSA) is 38.0 Å². The highest BCUT2D eigenvalue weighted by atomic mass is 19.4. The lowest BCUT2D eigenvalue weighted by atomic mass is 10.1. The molecule has 0 aromatic heterocycles. The van der Waals surface area contributed by atoms with E-state index in [1.165, 1.54) is 42.5 Å². The van der Waals surface area contributed by atoms with E-state index in [4.69, 9.17) is 5.73 Å². The third-order valence-corrected chi connectivity index (χ3v) is 3.92. The molecule has 0 fully saturated rings. The Bertz CT molecular complexity index is 886. The van der Waals surface area contributed by atoms with E-state index in [0.717, 1.165) is 19.1 Å². The van der Waals surface area contributed by atoms with Crippen LogP contribution in [-0.2, 0) is 12.1 Å². The third kappa shape index (κ3) is 5.45. The summed E-state index contributed by atoms with van der Waals surface area (Å²) < 4.78 is 64.6. The summed E-state index contributed by atoms with van der Waals surface area (Å²) >= 11 is 0. The van der Waals surface area contributed by atoms with Crippen LogP contribution in [0.1, 0.15) is 29.2 Å². The van der Waals surface area contributed by atoms with Crippen molar-refractivity contribution in [3.63, 3.8) is 0 Å². The number of nitrogens with one attached hydrogen (secondary N) is 1. The fourth-order valence-electron chi connectivity index (χ4n) is 2.34. The van der Waals surface area contributed by atoms with Crippen LogP contribution in [0.5, 0.6) is 0 Å². The van der Waals surface area contributed by atoms with Crippen LogP contribution >= 0.6 is 0 Å². The second kappa shape index (κ2) is 7.88. The normalized spacial score (nSPS) is 12.6. The average molecular weight is 394 g/mol. The van der Waals surface area contributed by atoms with Crippen molar-refractivity contribution < 1.29 is 22.0 Å². The third-order valence-electron chi connectivity index (χ3n) is 3.92. The maximum absolute atomic E-state index is 13.3. The SMILES string of the molecule is C=C(N)/C(=C\c1ccc(C(F)(F)F)cc1)NC(=C)c1ccc(C(C)(F)F)cc1. The molecule has 3 N–H and O–H groups in total. The molecule has 2 nitrogen and oxygen atoms in total. The van der Waals surface area contributed by atoms with Crippen LogP contribution < -0.4 is 11.1 Å². The van der Waals surface area contributed by atoms with Gasteiger partial charge in [-0.3, -0.25) is 0 Å². The van der Waals surface area contributed by atoms with Crippen LogP contribution in [0.15, 0.2) is 73.1 Å². The molecule has 0 saturated heterocycles. The van der Waals surface area contributed by atoms with Gasteiger partial charge in [-0.25, -0.2) is 8.78 Å². The Hall–Kier alpha value is -3.09. The van der Waals surface area contributed by atoms with E-state index in [1.54, 1.807) is 0 Å². The molecule has 7 heteroatoms. The Morgan fingerprint density at radius 3 is 1.82 bits per heavy atom. The molecule has 0 atom stereocenters. The van der Waals surface area contributed by atoms with Gasteiger partial charge >= 0.3 is 6.18 Å². The maximum Gasteiger partial charge on any atom is 0.416 e. The summed E-state index contributed by atoms with van der Waals surface area (Å²) in [5.41, 5.74) is 6.71.